The van der Waals surface area contributed by atoms with E-state index < -0.39 is 0 Å². The van der Waals surface area contributed by atoms with Gasteiger partial charge in [-0.15, -0.1) is 24.8 Å². The molecule has 0 bridgehead atoms. The van der Waals surface area contributed by atoms with Crippen LogP contribution in [0.25, 0.3) is 0 Å². The van der Waals surface area contributed by atoms with E-state index in [2.05, 4.69) is 33.5 Å². The molecule has 0 amide bonds. The molecule has 1 aliphatic heterocycles. The summed E-state index contributed by atoms with van der Waals surface area (Å²) in [5, 5.41) is 6.57. The zero-order valence-electron chi connectivity index (χ0n) is 17.4. The SMILES string of the molecule is CCCCc1cc(N2CCCC(NC)C2)nc(Nc2ccc(C)c(F)c2)n1.Cl.Cl. The van der Waals surface area contributed by atoms with E-state index in [1.54, 1.807) is 13.0 Å². The summed E-state index contributed by atoms with van der Waals surface area (Å²) in [5.41, 5.74) is 2.33. The van der Waals surface area contributed by atoms with Gasteiger partial charge in [-0.2, -0.15) is 4.98 Å². The van der Waals surface area contributed by atoms with Crippen molar-refractivity contribution in [1.29, 1.82) is 0 Å². The van der Waals surface area contributed by atoms with Gasteiger partial charge in [-0.25, -0.2) is 9.37 Å². The maximum absolute atomic E-state index is 13.9. The molecule has 2 N–H and O–H groups in total. The van der Waals surface area contributed by atoms with Crippen molar-refractivity contribution in [2.75, 3.05) is 30.4 Å². The third kappa shape index (κ3) is 6.98. The van der Waals surface area contributed by atoms with Crippen LogP contribution in [-0.2, 0) is 6.42 Å². The van der Waals surface area contributed by atoms with Crippen molar-refractivity contribution in [3.05, 3.63) is 41.3 Å². The minimum atomic E-state index is -0.227. The molecular formula is C21H32Cl2FN5. The van der Waals surface area contributed by atoms with Gasteiger partial charge >= 0.3 is 0 Å². The summed E-state index contributed by atoms with van der Waals surface area (Å²) in [6.07, 6.45) is 5.47. The average molecular weight is 444 g/mol. The molecule has 1 unspecified atom stereocenters. The molecule has 2 aromatic rings. The van der Waals surface area contributed by atoms with Gasteiger partial charge in [0.1, 0.15) is 11.6 Å². The van der Waals surface area contributed by atoms with E-state index in [4.69, 9.17) is 4.98 Å². The Hall–Kier alpha value is -1.63. The number of aromatic nitrogens is 2. The molecular weight excluding hydrogens is 412 g/mol. The average Bonchev–Trinajstić information content (AvgIpc) is 2.69. The van der Waals surface area contributed by atoms with Crippen molar-refractivity contribution in [3.63, 3.8) is 0 Å². The highest BCUT2D eigenvalue weighted by Crippen LogP contribution is 2.23. The Morgan fingerprint density at radius 2 is 2.00 bits per heavy atom. The Morgan fingerprint density at radius 1 is 1.21 bits per heavy atom. The van der Waals surface area contributed by atoms with E-state index in [-0.39, 0.29) is 30.6 Å². The molecule has 1 atom stereocenters. The normalized spacial score (nSPS) is 16.0. The first-order chi connectivity index (χ1) is 13.1. The molecule has 2 heterocycles. The second-order valence-electron chi connectivity index (χ2n) is 7.31. The summed E-state index contributed by atoms with van der Waals surface area (Å²) in [6.45, 7) is 5.88. The number of halogens is 3. The molecule has 1 aromatic carbocycles. The maximum atomic E-state index is 13.9. The Labute approximate surface area is 185 Å². The van der Waals surface area contributed by atoms with Crippen molar-refractivity contribution in [1.82, 2.24) is 15.3 Å². The minimum absolute atomic E-state index is 0. The number of benzene rings is 1. The lowest BCUT2D eigenvalue weighted by Crippen LogP contribution is -2.44. The first-order valence-electron chi connectivity index (χ1n) is 9.92. The number of aryl methyl sites for hydroxylation is 2. The molecule has 8 heteroatoms. The Bertz CT molecular complexity index is 775. The Morgan fingerprint density at radius 3 is 2.69 bits per heavy atom. The van der Waals surface area contributed by atoms with Gasteiger partial charge in [0.2, 0.25) is 5.95 Å². The first-order valence-corrected chi connectivity index (χ1v) is 9.92. The zero-order chi connectivity index (χ0) is 19.2. The molecule has 5 nitrogen and oxygen atoms in total. The van der Waals surface area contributed by atoms with Crippen molar-refractivity contribution in [3.8, 4) is 0 Å². The molecule has 1 saturated heterocycles. The third-order valence-corrected chi connectivity index (χ3v) is 5.13. The summed E-state index contributed by atoms with van der Waals surface area (Å²) >= 11 is 0. The smallest absolute Gasteiger partial charge is 0.229 e. The van der Waals surface area contributed by atoms with Crippen LogP contribution in [0.5, 0.6) is 0 Å². The molecule has 1 aliphatic rings. The van der Waals surface area contributed by atoms with Gasteiger partial charge in [-0.3, -0.25) is 0 Å². The van der Waals surface area contributed by atoms with Gasteiger partial charge in [-0.1, -0.05) is 19.4 Å². The number of rotatable bonds is 7. The number of unbranched alkanes of at least 4 members (excludes halogenated alkanes) is 1. The summed E-state index contributed by atoms with van der Waals surface area (Å²) in [7, 11) is 2.01. The molecule has 29 heavy (non-hydrogen) atoms. The third-order valence-electron chi connectivity index (χ3n) is 5.13. The fraction of sp³-hybridized carbons (Fsp3) is 0.524. The van der Waals surface area contributed by atoms with E-state index in [1.807, 2.05) is 13.1 Å². The second kappa shape index (κ2) is 12.2. The van der Waals surface area contributed by atoms with Crippen LogP contribution in [0.15, 0.2) is 24.3 Å². The van der Waals surface area contributed by atoms with Gasteiger partial charge in [-0.05, 0) is 57.4 Å². The van der Waals surface area contributed by atoms with Crippen molar-refractivity contribution >= 4 is 42.3 Å². The molecule has 0 spiro atoms. The first kappa shape index (κ1) is 25.4. The van der Waals surface area contributed by atoms with Crippen LogP contribution in [0.1, 0.15) is 43.9 Å². The highest BCUT2D eigenvalue weighted by Gasteiger charge is 2.20. The summed E-state index contributed by atoms with van der Waals surface area (Å²) in [5.74, 6) is 1.26. The highest BCUT2D eigenvalue weighted by atomic mass is 35.5. The number of nitrogens with one attached hydrogen (secondary N) is 2. The highest BCUT2D eigenvalue weighted by molar-refractivity contribution is 5.85. The van der Waals surface area contributed by atoms with Gasteiger partial charge < -0.3 is 15.5 Å². The molecule has 0 saturated carbocycles. The fourth-order valence-electron chi connectivity index (χ4n) is 3.41. The van der Waals surface area contributed by atoms with Crippen molar-refractivity contribution < 1.29 is 4.39 Å². The molecule has 3 rings (SSSR count). The Kier molecular flexibility index (Phi) is 10.6. The number of nitrogens with zero attached hydrogens (tertiary/aromatic N) is 3. The van der Waals surface area contributed by atoms with Crippen LogP contribution in [0.2, 0.25) is 0 Å². The van der Waals surface area contributed by atoms with E-state index >= 15 is 0 Å². The standard InChI is InChI=1S/C21H30FN5.2ClH/c1-4-5-7-16-13-20(27-11-6-8-18(14-27)23-3)26-21(24-16)25-17-10-9-15(2)19(22)12-17;;/h9-10,12-13,18,23H,4-8,11,14H2,1-3H3,(H,24,25,26);2*1H. The molecule has 0 radical (unpaired) electrons. The topological polar surface area (TPSA) is 53.1 Å². The predicted molar refractivity (Wildman–Crippen MR) is 124 cm³/mol. The molecule has 1 fully saturated rings. The van der Waals surface area contributed by atoms with E-state index in [1.165, 1.54) is 12.5 Å². The van der Waals surface area contributed by atoms with Crippen LogP contribution in [0.4, 0.5) is 21.8 Å². The fourth-order valence-corrected chi connectivity index (χ4v) is 3.41. The monoisotopic (exact) mass is 443 g/mol. The van der Waals surface area contributed by atoms with Gasteiger partial charge in [0, 0.05) is 36.6 Å². The number of likely N-dealkylation sites (N-methyl/N-ethyl adjacent to an activating group) is 1. The van der Waals surface area contributed by atoms with Crippen LogP contribution in [-0.4, -0.2) is 36.1 Å². The lowest BCUT2D eigenvalue weighted by atomic mass is 10.1. The van der Waals surface area contributed by atoms with Gasteiger partial charge in [0.15, 0.2) is 0 Å². The Balaban J connectivity index is 0.00000210. The summed E-state index contributed by atoms with van der Waals surface area (Å²) in [4.78, 5) is 11.7. The van der Waals surface area contributed by atoms with E-state index in [9.17, 15) is 4.39 Å². The molecule has 0 aliphatic carbocycles. The van der Waals surface area contributed by atoms with Crippen LogP contribution >= 0.6 is 24.8 Å². The van der Waals surface area contributed by atoms with E-state index in [0.717, 1.165) is 50.3 Å². The number of piperidine rings is 1. The van der Waals surface area contributed by atoms with Gasteiger partial charge in [0.05, 0.1) is 0 Å². The maximum Gasteiger partial charge on any atom is 0.229 e. The summed E-state index contributed by atoms with van der Waals surface area (Å²) < 4.78 is 13.9. The van der Waals surface area contributed by atoms with E-state index in [0.29, 0.717) is 23.2 Å². The van der Waals surface area contributed by atoms with Crippen LogP contribution < -0.4 is 15.5 Å². The summed E-state index contributed by atoms with van der Waals surface area (Å²) in [6, 6.07) is 7.71. The number of anilines is 3. The minimum Gasteiger partial charge on any atom is -0.355 e. The van der Waals surface area contributed by atoms with Crippen LogP contribution in [0.3, 0.4) is 0 Å². The van der Waals surface area contributed by atoms with Crippen molar-refractivity contribution in [2.45, 2.75) is 52.0 Å². The zero-order valence-corrected chi connectivity index (χ0v) is 19.0. The quantitative estimate of drug-likeness (QED) is 0.627. The predicted octanol–water partition coefficient (Wildman–Crippen LogP) is 5.04. The number of hydrogen-bond donors (Lipinski definition) is 2. The van der Waals surface area contributed by atoms with Gasteiger partial charge in [0.25, 0.3) is 0 Å². The molecule has 1 aromatic heterocycles. The second-order valence-corrected chi connectivity index (χ2v) is 7.31. The van der Waals surface area contributed by atoms with Crippen molar-refractivity contribution in [2.24, 2.45) is 0 Å². The lowest BCUT2D eigenvalue weighted by Gasteiger charge is -2.33. The number of hydrogen-bond acceptors (Lipinski definition) is 5. The largest absolute Gasteiger partial charge is 0.355 e. The molecule has 162 valence electrons. The van der Waals surface area contributed by atoms with Crippen LogP contribution in [0, 0.1) is 12.7 Å². The lowest BCUT2D eigenvalue weighted by molar-refractivity contribution is 0.447.